The minimum absolute atomic E-state index is 0.101. The highest BCUT2D eigenvalue weighted by molar-refractivity contribution is 5.92. The molecular formula is C16H20N4O. The molecule has 1 aliphatic heterocycles. The summed E-state index contributed by atoms with van der Waals surface area (Å²) in [4.78, 5) is 12.1. The first-order valence-electron chi connectivity index (χ1n) is 7.43. The van der Waals surface area contributed by atoms with E-state index in [4.69, 9.17) is 0 Å². The molecule has 0 bridgehead atoms. The molecule has 0 spiro atoms. The van der Waals surface area contributed by atoms with Gasteiger partial charge in [0.1, 0.15) is 0 Å². The lowest BCUT2D eigenvalue weighted by atomic mass is 10.1. The minimum atomic E-state index is -0.101. The van der Waals surface area contributed by atoms with Crippen LogP contribution in [-0.4, -0.2) is 35.3 Å². The summed E-state index contributed by atoms with van der Waals surface area (Å²) in [6.45, 7) is 2.88. The van der Waals surface area contributed by atoms with Gasteiger partial charge in [0.25, 0.3) is 5.91 Å². The van der Waals surface area contributed by atoms with Crippen LogP contribution in [0.25, 0.3) is 5.69 Å². The van der Waals surface area contributed by atoms with Gasteiger partial charge in [-0.3, -0.25) is 4.79 Å². The molecule has 110 valence electrons. The maximum atomic E-state index is 12.1. The highest BCUT2D eigenvalue weighted by Gasteiger charge is 2.15. The van der Waals surface area contributed by atoms with E-state index in [1.54, 1.807) is 10.7 Å². The monoisotopic (exact) mass is 284 g/mol. The Balaban J connectivity index is 1.54. The van der Waals surface area contributed by atoms with Gasteiger partial charge in [0.05, 0.1) is 5.69 Å². The summed E-state index contributed by atoms with van der Waals surface area (Å²) in [7, 11) is 0. The van der Waals surface area contributed by atoms with Crippen molar-refractivity contribution in [2.75, 3.05) is 19.6 Å². The molecule has 21 heavy (non-hydrogen) atoms. The Bertz CT molecular complexity index is 587. The van der Waals surface area contributed by atoms with Gasteiger partial charge >= 0.3 is 0 Å². The van der Waals surface area contributed by atoms with Crippen molar-refractivity contribution in [3.8, 4) is 5.69 Å². The number of aromatic nitrogens is 2. The predicted molar refractivity (Wildman–Crippen MR) is 81.5 cm³/mol. The Morgan fingerprint density at radius 3 is 2.95 bits per heavy atom. The van der Waals surface area contributed by atoms with Crippen LogP contribution >= 0.6 is 0 Å². The van der Waals surface area contributed by atoms with Crippen molar-refractivity contribution < 1.29 is 4.79 Å². The molecule has 0 aliphatic carbocycles. The van der Waals surface area contributed by atoms with Crippen molar-refractivity contribution in [2.45, 2.75) is 12.8 Å². The van der Waals surface area contributed by atoms with Crippen molar-refractivity contribution in [1.29, 1.82) is 0 Å². The van der Waals surface area contributed by atoms with Crippen LogP contribution < -0.4 is 10.6 Å². The molecule has 0 saturated carbocycles. The van der Waals surface area contributed by atoms with Gasteiger partial charge in [0, 0.05) is 12.7 Å². The summed E-state index contributed by atoms with van der Waals surface area (Å²) in [6, 6.07) is 11.5. The molecular weight excluding hydrogens is 264 g/mol. The Morgan fingerprint density at radius 1 is 1.33 bits per heavy atom. The molecule has 2 heterocycles. The lowest BCUT2D eigenvalue weighted by molar-refractivity contribution is 0.0946. The molecule has 1 fully saturated rings. The fraction of sp³-hybridized carbons (Fsp3) is 0.375. The molecule has 1 saturated heterocycles. The summed E-state index contributed by atoms with van der Waals surface area (Å²) in [6.07, 6.45) is 4.04. The third-order valence-corrected chi connectivity index (χ3v) is 3.84. The second kappa shape index (κ2) is 6.54. The third-order valence-electron chi connectivity index (χ3n) is 3.84. The highest BCUT2D eigenvalue weighted by atomic mass is 16.1. The first-order valence-corrected chi connectivity index (χ1v) is 7.43. The number of amides is 1. The topological polar surface area (TPSA) is 59.0 Å². The number of hydrogen-bond donors (Lipinski definition) is 2. The molecule has 1 aromatic carbocycles. The Labute approximate surface area is 124 Å². The molecule has 1 aliphatic rings. The predicted octanol–water partition coefficient (Wildman–Crippen LogP) is 1.60. The summed E-state index contributed by atoms with van der Waals surface area (Å²) >= 11 is 0. The van der Waals surface area contributed by atoms with Crippen molar-refractivity contribution in [1.82, 2.24) is 20.4 Å². The fourth-order valence-electron chi connectivity index (χ4n) is 2.61. The van der Waals surface area contributed by atoms with Crippen LogP contribution in [-0.2, 0) is 0 Å². The van der Waals surface area contributed by atoms with E-state index in [0.717, 1.165) is 25.2 Å². The van der Waals surface area contributed by atoms with Crippen LogP contribution in [0, 0.1) is 5.92 Å². The number of hydrogen-bond acceptors (Lipinski definition) is 3. The van der Waals surface area contributed by atoms with Crippen molar-refractivity contribution in [2.24, 2.45) is 5.92 Å². The summed E-state index contributed by atoms with van der Waals surface area (Å²) in [5.41, 5.74) is 1.41. The standard InChI is InChI=1S/C16H20N4O/c21-16(18-10-7-13-6-9-17-12-13)15-8-11-20(19-15)14-4-2-1-3-5-14/h1-5,8,11,13,17H,6-7,9-10,12H2,(H,18,21). The molecule has 1 atom stereocenters. The van der Waals surface area contributed by atoms with Gasteiger partial charge in [-0.25, -0.2) is 4.68 Å². The van der Waals surface area contributed by atoms with E-state index in [1.165, 1.54) is 6.42 Å². The Kier molecular flexibility index (Phi) is 4.31. The van der Waals surface area contributed by atoms with Crippen LogP contribution in [0.5, 0.6) is 0 Å². The van der Waals surface area contributed by atoms with Gasteiger partial charge in [0.2, 0.25) is 0 Å². The molecule has 1 unspecified atom stereocenters. The van der Waals surface area contributed by atoms with Gasteiger partial charge in [0.15, 0.2) is 5.69 Å². The highest BCUT2D eigenvalue weighted by Crippen LogP contribution is 2.11. The normalized spacial score (nSPS) is 17.8. The van der Waals surface area contributed by atoms with Crippen molar-refractivity contribution in [3.05, 3.63) is 48.3 Å². The van der Waals surface area contributed by atoms with Crippen LogP contribution in [0.3, 0.4) is 0 Å². The average Bonchev–Trinajstić information content (AvgIpc) is 3.20. The number of rotatable bonds is 5. The van der Waals surface area contributed by atoms with Gasteiger partial charge in [-0.2, -0.15) is 5.10 Å². The number of carbonyl (C=O) groups is 1. The second-order valence-electron chi connectivity index (χ2n) is 5.38. The van der Waals surface area contributed by atoms with E-state index >= 15 is 0 Å². The SMILES string of the molecule is O=C(NCCC1CCNC1)c1ccn(-c2ccccc2)n1. The van der Waals surface area contributed by atoms with E-state index in [2.05, 4.69) is 15.7 Å². The third kappa shape index (κ3) is 3.49. The maximum Gasteiger partial charge on any atom is 0.271 e. The number of nitrogens with zero attached hydrogens (tertiary/aromatic N) is 2. The van der Waals surface area contributed by atoms with Crippen LogP contribution in [0.15, 0.2) is 42.6 Å². The molecule has 1 amide bonds. The van der Waals surface area contributed by atoms with Gasteiger partial charge < -0.3 is 10.6 Å². The Hall–Kier alpha value is -2.14. The molecule has 2 N–H and O–H groups in total. The van der Waals surface area contributed by atoms with Crippen LogP contribution in [0.4, 0.5) is 0 Å². The summed E-state index contributed by atoms with van der Waals surface area (Å²) < 4.78 is 1.72. The Morgan fingerprint density at radius 2 is 2.19 bits per heavy atom. The van der Waals surface area contributed by atoms with Gasteiger partial charge in [-0.05, 0) is 50.0 Å². The van der Waals surface area contributed by atoms with Crippen LogP contribution in [0.2, 0.25) is 0 Å². The largest absolute Gasteiger partial charge is 0.351 e. The molecule has 3 rings (SSSR count). The molecule has 0 radical (unpaired) electrons. The molecule has 2 aromatic rings. The van der Waals surface area contributed by atoms with Crippen molar-refractivity contribution in [3.63, 3.8) is 0 Å². The molecule has 5 heteroatoms. The number of carbonyl (C=O) groups excluding carboxylic acids is 1. The average molecular weight is 284 g/mol. The lowest BCUT2D eigenvalue weighted by Crippen LogP contribution is -2.26. The molecule has 5 nitrogen and oxygen atoms in total. The zero-order valence-corrected chi connectivity index (χ0v) is 12.0. The smallest absolute Gasteiger partial charge is 0.271 e. The van der Waals surface area contributed by atoms with Crippen LogP contribution in [0.1, 0.15) is 23.3 Å². The van der Waals surface area contributed by atoms with Gasteiger partial charge in [-0.15, -0.1) is 0 Å². The number of benzene rings is 1. The maximum absolute atomic E-state index is 12.1. The van der Waals surface area contributed by atoms with E-state index < -0.39 is 0 Å². The number of para-hydroxylation sites is 1. The van der Waals surface area contributed by atoms with E-state index in [1.807, 2.05) is 36.5 Å². The van der Waals surface area contributed by atoms with Crippen molar-refractivity contribution >= 4 is 5.91 Å². The lowest BCUT2D eigenvalue weighted by Gasteiger charge is -2.08. The zero-order valence-electron chi connectivity index (χ0n) is 12.0. The molecule has 1 aromatic heterocycles. The van der Waals surface area contributed by atoms with E-state index in [0.29, 0.717) is 18.2 Å². The van der Waals surface area contributed by atoms with Gasteiger partial charge in [-0.1, -0.05) is 18.2 Å². The summed E-state index contributed by atoms with van der Waals surface area (Å²) in [5.74, 6) is 0.586. The van der Waals surface area contributed by atoms with E-state index in [9.17, 15) is 4.79 Å². The number of nitrogens with one attached hydrogen (secondary N) is 2. The van der Waals surface area contributed by atoms with E-state index in [-0.39, 0.29) is 5.91 Å². The zero-order chi connectivity index (χ0) is 14.5. The second-order valence-corrected chi connectivity index (χ2v) is 5.38. The fourth-order valence-corrected chi connectivity index (χ4v) is 2.61. The minimum Gasteiger partial charge on any atom is -0.351 e. The first-order chi connectivity index (χ1) is 10.3. The quantitative estimate of drug-likeness (QED) is 0.877. The summed E-state index contributed by atoms with van der Waals surface area (Å²) in [5, 5.41) is 10.6. The first kappa shape index (κ1) is 13.8.